The fourth-order valence-electron chi connectivity index (χ4n) is 2.58. The summed E-state index contributed by atoms with van der Waals surface area (Å²) in [7, 11) is 0. The van der Waals surface area contributed by atoms with Gasteiger partial charge < -0.3 is 10.4 Å². The standard InChI is InChI=1S/C20H14F4N4O2/c1-11-6-13(12-2-3-14(26-10-12)9-16(21)18(29)30)8-15(7-11)27-19-25-5-4-17(28-19)20(22,23)24/h2-10H,1H3,(H,29,30)(H,25,27,28)/b16-9-. The maximum Gasteiger partial charge on any atom is 0.433 e. The zero-order chi connectivity index (χ0) is 21.9. The molecule has 0 bridgehead atoms. The first-order valence-electron chi connectivity index (χ1n) is 8.48. The summed E-state index contributed by atoms with van der Waals surface area (Å²) in [5, 5.41) is 11.3. The van der Waals surface area contributed by atoms with Crippen LogP contribution in [0.5, 0.6) is 0 Å². The summed E-state index contributed by atoms with van der Waals surface area (Å²) in [6.07, 6.45) is -1.35. The van der Waals surface area contributed by atoms with Gasteiger partial charge in [-0.15, -0.1) is 0 Å². The Morgan fingerprint density at radius 1 is 1.10 bits per heavy atom. The number of nitrogens with one attached hydrogen (secondary N) is 1. The molecule has 0 spiro atoms. The van der Waals surface area contributed by atoms with Gasteiger partial charge in [-0.3, -0.25) is 4.98 Å². The third-order valence-corrected chi connectivity index (χ3v) is 3.88. The number of aliphatic carboxylic acids is 1. The van der Waals surface area contributed by atoms with Crippen molar-refractivity contribution >= 4 is 23.7 Å². The van der Waals surface area contributed by atoms with Gasteiger partial charge in [0.2, 0.25) is 11.8 Å². The number of aryl methyl sites for hydroxylation is 1. The minimum atomic E-state index is -4.58. The normalized spacial score (nSPS) is 12.0. The van der Waals surface area contributed by atoms with Crippen LogP contribution in [-0.4, -0.2) is 26.0 Å². The molecule has 1 aromatic carbocycles. The van der Waals surface area contributed by atoms with Crippen molar-refractivity contribution in [2.75, 3.05) is 5.32 Å². The summed E-state index contributed by atoms with van der Waals surface area (Å²) in [4.78, 5) is 21.8. The highest BCUT2D eigenvalue weighted by molar-refractivity contribution is 5.89. The molecule has 2 N–H and O–H groups in total. The number of nitrogens with zero attached hydrogens (tertiary/aromatic N) is 3. The highest BCUT2D eigenvalue weighted by Gasteiger charge is 2.32. The van der Waals surface area contributed by atoms with E-state index in [0.29, 0.717) is 16.8 Å². The molecule has 30 heavy (non-hydrogen) atoms. The number of rotatable bonds is 5. The second-order valence-electron chi connectivity index (χ2n) is 6.25. The molecule has 3 rings (SSSR count). The van der Waals surface area contributed by atoms with E-state index < -0.39 is 23.7 Å². The van der Waals surface area contributed by atoms with Crippen molar-refractivity contribution in [3.8, 4) is 11.1 Å². The molecule has 0 aliphatic heterocycles. The van der Waals surface area contributed by atoms with Gasteiger partial charge in [0, 0.05) is 29.7 Å². The molecule has 0 saturated carbocycles. The highest BCUT2D eigenvalue weighted by atomic mass is 19.4. The molecular formula is C20H14F4N4O2. The third-order valence-electron chi connectivity index (χ3n) is 3.88. The smallest absolute Gasteiger partial charge is 0.433 e. The zero-order valence-corrected chi connectivity index (χ0v) is 15.4. The Kier molecular flexibility index (Phi) is 5.77. The molecule has 154 valence electrons. The summed E-state index contributed by atoms with van der Waals surface area (Å²) >= 11 is 0. The average Bonchev–Trinajstić information content (AvgIpc) is 2.67. The Hall–Kier alpha value is -3.82. The predicted molar refractivity (Wildman–Crippen MR) is 101 cm³/mol. The van der Waals surface area contributed by atoms with E-state index >= 15 is 0 Å². The number of carbonyl (C=O) groups is 1. The monoisotopic (exact) mass is 418 g/mol. The number of aromatic nitrogens is 3. The first-order valence-corrected chi connectivity index (χ1v) is 8.48. The quantitative estimate of drug-likeness (QED) is 0.448. The number of alkyl halides is 3. The molecule has 6 nitrogen and oxygen atoms in total. The first kappa shape index (κ1) is 20.9. The molecule has 0 amide bonds. The number of carboxylic acids is 1. The predicted octanol–water partition coefficient (Wildman–Crippen LogP) is 5.00. The van der Waals surface area contributed by atoms with E-state index in [1.54, 1.807) is 25.1 Å². The lowest BCUT2D eigenvalue weighted by molar-refractivity contribution is -0.141. The van der Waals surface area contributed by atoms with Crippen LogP contribution in [0.4, 0.5) is 29.2 Å². The number of hydrogen-bond donors (Lipinski definition) is 2. The topological polar surface area (TPSA) is 88.0 Å². The number of anilines is 2. The number of pyridine rings is 1. The lowest BCUT2D eigenvalue weighted by atomic mass is 10.0. The van der Waals surface area contributed by atoms with Gasteiger partial charge in [0.25, 0.3) is 0 Å². The Bertz CT molecular complexity index is 1110. The molecule has 0 aliphatic rings. The molecule has 0 saturated heterocycles. The van der Waals surface area contributed by atoms with Gasteiger partial charge >= 0.3 is 12.1 Å². The van der Waals surface area contributed by atoms with E-state index in [2.05, 4.69) is 20.3 Å². The van der Waals surface area contributed by atoms with Crippen molar-refractivity contribution in [3.63, 3.8) is 0 Å². The Labute approximate surface area is 168 Å². The Morgan fingerprint density at radius 3 is 2.50 bits per heavy atom. The second kappa shape index (κ2) is 8.27. The number of halogens is 4. The van der Waals surface area contributed by atoms with Crippen LogP contribution in [0.2, 0.25) is 0 Å². The van der Waals surface area contributed by atoms with Gasteiger partial charge in [0.15, 0.2) is 0 Å². The van der Waals surface area contributed by atoms with Crippen molar-refractivity contribution in [3.05, 3.63) is 71.6 Å². The maximum atomic E-state index is 13.2. The highest BCUT2D eigenvalue weighted by Crippen LogP contribution is 2.29. The van der Waals surface area contributed by atoms with Crippen LogP contribution in [0.3, 0.4) is 0 Å². The van der Waals surface area contributed by atoms with Crippen LogP contribution < -0.4 is 5.32 Å². The number of benzene rings is 1. The van der Waals surface area contributed by atoms with Gasteiger partial charge in [0.1, 0.15) is 5.69 Å². The van der Waals surface area contributed by atoms with E-state index in [1.807, 2.05) is 6.07 Å². The van der Waals surface area contributed by atoms with E-state index in [0.717, 1.165) is 23.9 Å². The van der Waals surface area contributed by atoms with Crippen molar-refractivity contribution in [2.45, 2.75) is 13.1 Å². The molecule has 0 atom stereocenters. The van der Waals surface area contributed by atoms with Gasteiger partial charge in [-0.05, 0) is 42.3 Å². The molecular weight excluding hydrogens is 404 g/mol. The van der Waals surface area contributed by atoms with E-state index in [-0.39, 0.29) is 11.6 Å². The molecule has 2 aromatic heterocycles. The van der Waals surface area contributed by atoms with E-state index in [1.165, 1.54) is 12.3 Å². The van der Waals surface area contributed by atoms with Crippen LogP contribution in [0.25, 0.3) is 17.2 Å². The van der Waals surface area contributed by atoms with Crippen LogP contribution >= 0.6 is 0 Å². The minimum Gasteiger partial charge on any atom is -0.476 e. The molecule has 0 aliphatic carbocycles. The Balaban J connectivity index is 1.87. The van der Waals surface area contributed by atoms with Gasteiger partial charge in [-0.1, -0.05) is 12.1 Å². The molecule has 10 heteroatoms. The van der Waals surface area contributed by atoms with Crippen LogP contribution in [-0.2, 0) is 11.0 Å². The van der Waals surface area contributed by atoms with E-state index in [4.69, 9.17) is 5.11 Å². The lowest BCUT2D eigenvalue weighted by Gasteiger charge is -2.11. The lowest BCUT2D eigenvalue weighted by Crippen LogP contribution is -2.10. The first-order chi connectivity index (χ1) is 14.1. The summed E-state index contributed by atoms with van der Waals surface area (Å²) in [5.41, 5.74) is 1.66. The molecule has 0 unspecified atom stereocenters. The number of carboxylic acid groups (broad SMARTS) is 1. The maximum absolute atomic E-state index is 13.2. The summed E-state index contributed by atoms with van der Waals surface area (Å²) in [6.45, 7) is 1.80. The Morgan fingerprint density at radius 2 is 1.87 bits per heavy atom. The molecule has 3 aromatic rings. The molecule has 0 radical (unpaired) electrons. The SMILES string of the molecule is Cc1cc(Nc2nccc(C(F)(F)F)n2)cc(-c2ccc(/C=C(\F)C(=O)O)nc2)c1. The van der Waals surface area contributed by atoms with Crippen molar-refractivity contribution in [2.24, 2.45) is 0 Å². The van der Waals surface area contributed by atoms with Gasteiger partial charge in [-0.2, -0.15) is 17.6 Å². The minimum absolute atomic E-state index is 0.127. The van der Waals surface area contributed by atoms with Gasteiger partial charge in [-0.25, -0.2) is 14.8 Å². The second-order valence-corrected chi connectivity index (χ2v) is 6.25. The van der Waals surface area contributed by atoms with Crippen molar-refractivity contribution in [1.29, 1.82) is 0 Å². The van der Waals surface area contributed by atoms with Crippen LogP contribution in [0.1, 0.15) is 17.0 Å². The summed E-state index contributed by atoms with van der Waals surface area (Å²) < 4.78 is 51.7. The molecule has 2 heterocycles. The van der Waals surface area contributed by atoms with Crippen LogP contribution in [0, 0.1) is 6.92 Å². The van der Waals surface area contributed by atoms with Crippen molar-refractivity contribution in [1.82, 2.24) is 15.0 Å². The van der Waals surface area contributed by atoms with E-state index in [9.17, 15) is 22.4 Å². The molecule has 0 fully saturated rings. The zero-order valence-electron chi connectivity index (χ0n) is 15.4. The fourth-order valence-corrected chi connectivity index (χ4v) is 2.58. The summed E-state index contributed by atoms with van der Waals surface area (Å²) in [6, 6.07) is 9.04. The van der Waals surface area contributed by atoms with Crippen molar-refractivity contribution < 1.29 is 27.5 Å². The average molecular weight is 418 g/mol. The summed E-state index contributed by atoms with van der Waals surface area (Å²) in [5.74, 6) is -3.23. The van der Waals surface area contributed by atoms with Crippen LogP contribution in [0.15, 0.2) is 54.6 Å². The number of hydrogen-bond acceptors (Lipinski definition) is 5. The third kappa shape index (κ3) is 5.16. The largest absolute Gasteiger partial charge is 0.476 e. The fraction of sp³-hybridized carbons (Fsp3) is 0.100. The van der Waals surface area contributed by atoms with Gasteiger partial charge in [0.05, 0.1) is 5.69 Å².